The summed E-state index contributed by atoms with van der Waals surface area (Å²) >= 11 is 0. The number of benzene rings is 1. The molecule has 0 radical (unpaired) electrons. The molecule has 7 nitrogen and oxygen atoms in total. The summed E-state index contributed by atoms with van der Waals surface area (Å²) in [6, 6.07) is 5.75. The zero-order valence-electron chi connectivity index (χ0n) is 10.8. The Bertz CT molecular complexity index is 564. The standard InChI is InChI=1S/C11H17N3O4S/c1-11(2,12)8-13-19(17,18)7-9-5-3-4-6-10(9)14(15)16/h3-6,13H,7-8,12H2,1-2H3. The SMILES string of the molecule is CC(C)(N)CNS(=O)(=O)Cc1ccccc1[N+](=O)[O-]. The summed E-state index contributed by atoms with van der Waals surface area (Å²) in [7, 11) is -3.66. The van der Waals surface area contributed by atoms with Crippen LogP contribution >= 0.6 is 0 Å². The van der Waals surface area contributed by atoms with Gasteiger partial charge in [0.05, 0.1) is 10.7 Å². The Morgan fingerprint density at radius 2 is 1.95 bits per heavy atom. The van der Waals surface area contributed by atoms with Gasteiger partial charge in [-0.05, 0) is 13.8 Å². The normalized spacial score (nSPS) is 12.4. The number of para-hydroxylation sites is 1. The summed E-state index contributed by atoms with van der Waals surface area (Å²) in [6.07, 6.45) is 0. The molecule has 1 aromatic carbocycles. The lowest BCUT2D eigenvalue weighted by Crippen LogP contribution is -2.45. The number of nitrogens with two attached hydrogens (primary N) is 1. The van der Waals surface area contributed by atoms with E-state index in [9.17, 15) is 18.5 Å². The molecule has 106 valence electrons. The minimum atomic E-state index is -3.66. The molecule has 0 unspecified atom stereocenters. The molecule has 0 aromatic heterocycles. The maximum Gasteiger partial charge on any atom is 0.273 e. The van der Waals surface area contributed by atoms with Crippen molar-refractivity contribution >= 4 is 15.7 Å². The van der Waals surface area contributed by atoms with E-state index in [-0.39, 0.29) is 17.8 Å². The number of nitrogens with one attached hydrogen (secondary N) is 1. The number of sulfonamides is 1. The monoisotopic (exact) mass is 287 g/mol. The Kier molecular flexibility index (Phi) is 4.61. The smallest absolute Gasteiger partial charge is 0.273 e. The van der Waals surface area contributed by atoms with Crippen molar-refractivity contribution in [3.63, 3.8) is 0 Å². The Morgan fingerprint density at radius 1 is 1.37 bits per heavy atom. The molecule has 0 heterocycles. The molecule has 3 N–H and O–H groups in total. The number of rotatable bonds is 6. The highest BCUT2D eigenvalue weighted by atomic mass is 32.2. The average Bonchev–Trinajstić information content (AvgIpc) is 2.26. The van der Waals surface area contributed by atoms with Crippen LogP contribution in [0.15, 0.2) is 24.3 Å². The first kappa shape index (κ1) is 15.5. The van der Waals surface area contributed by atoms with Crippen LogP contribution in [-0.2, 0) is 15.8 Å². The summed E-state index contributed by atoms with van der Waals surface area (Å²) < 4.78 is 26.0. The molecule has 0 aliphatic rings. The van der Waals surface area contributed by atoms with Crippen molar-refractivity contribution in [1.82, 2.24) is 4.72 Å². The van der Waals surface area contributed by atoms with Crippen LogP contribution in [0.5, 0.6) is 0 Å². The fraction of sp³-hybridized carbons (Fsp3) is 0.455. The molecule has 0 atom stereocenters. The molecular formula is C11H17N3O4S. The molecule has 8 heteroatoms. The zero-order valence-corrected chi connectivity index (χ0v) is 11.6. The van der Waals surface area contributed by atoms with Crippen molar-refractivity contribution in [3.8, 4) is 0 Å². The third kappa shape index (κ3) is 5.33. The first-order valence-corrected chi connectivity index (χ1v) is 7.24. The summed E-state index contributed by atoms with van der Waals surface area (Å²) in [5, 5.41) is 10.8. The fourth-order valence-corrected chi connectivity index (χ4v) is 2.71. The first-order valence-electron chi connectivity index (χ1n) is 5.59. The molecule has 0 fully saturated rings. The second-order valence-corrected chi connectivity index (χ2v) is 6.76. The number of nitro groups is 1. The highest BCUT2D eigenvalue weighted by molar-refractivity contribution is 7.88. The highest BCUT2D eigenvalue weighted by Gasteiger charge is 2.21. The quantitative estimate of drug-likeness (QED) is 0.591. The van der Waals surface area contributed by atoms with Crippen LogP contribution < -0.4 is 10.5 Å². The molecule has 1 aromatic rings. The predicted octanol–water partition coefficient (Wildman–Crippen LogP) is 0.752. The summed E-state index contributed by atoms with van der Waals surface area (Å²) in [5.41, 5.74) is 4.93. The molecule has 0 aliphatic carbocycles. The van der Waals surface area contributed by atoms with Gasteiger partial charge in [0.1, 0.15) is 0 Å². The van der Waals surface area contributed by atoms with Crippen LogP contribution in [0.3, 0.4) is 0 Å². The number of nitrogens with zero attached hydrogens (tertiary/aromatic N) is 1. The Balaban J connectivity index is 2.87. The van der Waals surface area contributed by atoms with Crippen molar-refractivity contribution in [2.24, 2.45) is 5.73 Å². The lowest BCUT2D eigenvalue weighted by Gasteiger charge is -2.18. The molecule has 19 heavy (non-hydrogen) atoms. The van der Waals surface area contributed by atoms with Crippen LogP contribution in [0.1, 0.15) is 19.4 Å². The van der Waals surface area contributed by atoms with Gasteiger partial charge in [0.15, 0.2) is 0 Å². The second kappa shape index (κ2) is 5.64. The van der Waals surface area contributed by atoms with Gasteiger partial charge in [-0.15, -0.1) is 0 Å². The van der Waals surface area contributed by atoms with E-state index in [0.717, 1.165) is 0 Å². The fourth-order valence-electron chi connectivity index (χ4n) is 1.36. The number of hydrogen-bond donors (Lipinski definition) is 2. The molecule has 0 spiro atoms. The molecule has 0 saturated heterocycles. The van der Waals surface area contributed by atoms with Crippen molar-refractivity contribution in [1.29, 1.82) is 0 Å². The van der Waals surface area contributed by atoms with Crippen molar-refractivity contribution in [2.75, 3.05) is 6.54 Å². The van der Waals surface area contributed by atoms with Crippen LogP contribution in [0, 0.1) is 10.1 Å². The van der Waals surface area contributed by atoms with Gasteiger partial charge in [-0.3, -0.25) is 10.1 Å². The molecular weight excluding hydrogens is 270 g/mol. The Labute approximate surface area is 112 Å². The van der Waals surface area contributed by atoms with Gasteiger partial charge in [-0.25, -0.2) is 13.1 Å². The van der Waals surface area contributed by atoms with E-state index >= 15 is 0 Å². The van der Waals surface area contributed by atoms with Crippen LogP contribution in [0.25, 0.3) is 0 Å². The van der Waals surface area contributed by atoms with E-state index in [1.165, 1.54) is 18.2 Å². The lowest BCUT2D eigenvalue weighted by molar-refractivity contribution is -0.385. The molecule has 0 aliphatic heterocycles. The van der Waals surface area contributed by atoms with Crippen molar-refractivity contribution in [3.05, 3.63) is 39.9 Å². The first-order chi connectivity index (χ1) is 8.61. The maximum absolute atomic E-state index is 11.8. The van der Waals surface area contributed by atoms with E-state index in [0.29, 0.717) is 0 Å². The minimum Gasteiger partial charge on any atom is -0.324 e. The van der Waals surface area contributed by atoms with E-state index in [1.807, 2.05) is 0 Å². The van der Waals surface area contributed by atoms with Gasteiger partial charge >= 0.3 is 0 Å². The van der Waals surface area contributed by atoms with Gasteiger partial charge in [-0.2, -0.15) is 0 Å². The predicted molar refractivity (Wildman–Crippen MR) is 72.0 cm³/mol. The van der Waals surface area contributed by atoms with Gasteiger partial charge in [0.2, 0.25) is 10.0 Å². The Hall–Kier alpha value is -1.51. The third-order valence-electron chi connectivity index (χ3n) is 2.28. The Morgan fingerprint density at radius 3 is 2.47 bits per heavy atom. The van der Waals surface area contributed by atoms with Crippen molar-refractivity contribution < 1.29 is 13.3 Å². The van der Waals surface area contributed by atoms with Gasteiger partial charge in [-0.1, -0.05) is 18.2 Å². The van der Waals surface area contributed by atoms with Crippen LogP contribution in [-0.4, -0.2) is 25.4 Å². The van der Waals surface area contributed by atoms with E-state index in [2.05, 4.69) is 4.72 Å². The molecule has 0 bridgehead atoms. The zero-order chi connectivity index (χ0) is 14.7. The van der Waals surface area contributed by atoms with Gasteiger partial charge < -0.3 is 5.73 Å². The summed E-state index contributed by atoms with van der Waals surface area (Å²) in [4.78, 5) is 10.2. The molecule has 1 rings (SSSR count). The van der Waals surface area contributed by atoms with Crippen molar-refractivity contribution in [2.45, 2.75) is 25.1 Å². The summed E-state index contributed by atoms with van der Waals surface area (Å²) in [5.74, 6) is -0.444. The maximum atomic E-state index is 11.8. The average molecular weight is 287 g/mol. The van der Waals surface area contributed by atoms with E-state index in [1.54, 1.807) is 19.9 Å². The van der Waals surface area contributed by atoms with Gasteiger partial charge in [0.25, 0.3) is 5.69 Å². The second-order valence-electron chi connectivity index (χ2n) is 4.95. The topological polar surface area (TPSA) is 115 Å². The third-order valence-corrected chi connectivity index (χ3v) is 3.56. The molecule has 0 amide bonds. The van der Waals surface area contributed by atoms with Gasteiger partial charge in [0, 0.05) is 23.7 Å². The summed E-state index contributed by atoms with van der Waals surface area (Å²) in [6.45, 7) is 3.43. The highest BCUT2D eigenvalue weighted by Crippen LogP contribution is 2.19. The number of hydrogen-bond acceptors (Lipinski definition) is 5. The molecule has 0 saturated carbocycles. The van der Waals surface area contributed by atoms with Crippen LogP contribution in [0.2, 0.25) is 0 Å². The minimum absolute atomic E-state index is 0.0654. The van der Waals surface area contributed by atoms with Crippen LogP contribution in [0.4, 0.5) is 5.69 Å². The largest absolute Gasteiger partial charge is 0.324 e. The lowest BCUT2D eigenvalue weighted by atomic mass is 10.1. The number of nitro benzene ring substituents is 1. The van der Waals surface area contributed by atoms with E-state index in [4.69, 9.17) is 5.73 Å². The van der Waals surface area contributed by atoms with E-state index < -0.39 is 26.2 Å².